The van der Waals surface area contributed by atoms with Crippen molar-refractivity contribution in [2.45, 2.75) is 0 Å². The van der Waals surface area contributed by atoms with Gasteiger partial charge in [0.1, 0.15) is 5.75 Å². The maximum absolute atomic E-state index is 5.23. The first-order valence-electron chi connectivity index (χ1n) is 6.25. The second kappa shape index (κ2) is 5.02. The molecular weight excluding hydrogens is 234 g/mol. The van der Waals surface area contributed by atoms with Crippen molar-refractivity contribution in [1.29, 1.82) is 0 Å². The van der Waals surface area contributed by atoms with Gasteiger partial charge in [0, 0.05) is 17.8 Å². The smallest absolute Gasteiger partial charge is 0.119 e. The van der Waals surface area contributed by atoms with Gasteiger partial charge in [-0.2, -0.15) is 0 Å². The number of benzene rings is 2. The Morgan fingerprint density at radius 2 is 1.84 bits per heavy atom. The Balaban J connectivity index is 1.96. The molecule has 0 bridgehead atoms. The molecule has 3 rings (SSSR count). The second-order valence-electron chi connectivity index (χ2n) is 4.37. The molecule has 0 amide bonds. The van der Waals surface area contributed by atoms with Crippen molar-refractivity contribution in [2.24, 2.45) is 0 Å². The maximum Gasteiger partial charge on any atom is 0.119 e. The van der Waals surface area contributed by atoms with Crippen molar-refractivity contribution >= 4 is 23.2 Å². The van der Waals surface area contributed by atoms with Gasteiger partial charge in [-0.15, -0.1) is 0 Å². The van der Waals surface area contributed by atoms with Gasteiger partial charge in [-0.25, -0.2) is 0 Å². The van der Waals surface area contributed by atoms with Crippen LogP contribution in [0.3, 0.4) is 0 Å². The molecule has 0 aliphatic rings. The number of fused-ring (bicyclic) bond motifs is 1. The molecule has 0 aliphatic carbocycles. The number of hydrogen-bond donors (Lipinski definition) is 0. The maximum atomic E-state index is 5.23. The Hall–Kier alpha value is -2.48. The van der Waals surface area contributed by atoms with Crippen LogP contribution in [0.15, 0.2) is 60.8 Å². The normalized spacial score (nSPS) is 11.2. The number of methoxy groups -OCH3 is 1. The predicted octanol–water partition coefficient (Wildman–Crippen LogP) is 4.28. The van der Waals surface area contributed by atoms with Crippen molar-refractivity contribution in [3.8, 4) is 5.75 Å². The highest BCUT2D eigenvalue weighted by molar-refractivity contribution is 5.84. The van der Waals surface area contributed by atoms with Gasteiger partial charge in [0.25, 0.3) is 0 Å². The molecule has 0 saturated carbocycles. The molecule has 2 nitrogen and oxygen atoms in total. The van der Waals surface area contributed by atoms with E-state index in [2.05, 4.69) is 47.3 Å². The highest BCUT2D eigenvalue weighted by atomic mass is 16.5. The highest BCUT2D eigenvalue weighted by Gasteiger charge is 2.00. The van der Waals surface area contributed by atoms with E-state index in [0.717, 1.165) is 5.75 Å². The third kappa shape index (κ3) is 2.38. The zero-order valence-electron chi connectivity index (χ0n) is 10.8. The third-order valence-electron chi connectivity index (χ3n) is 3.15. The molecule has 2 heteroatoms. The number of aromatic nitrogens is 1. The molecule has 0 fully saturated rings. The molecule has 0 radical (unpaired) electrons. The minimum Gasteiger partial charge on any atom is -0.497 e. The average Bonchev–Trinajstić information content (AvgIpc) is 2.88. The van der Waals surface area contributed by atoms with Crippen LogP contribution < -0.4 is 4.74 Å². The van der Waals surface area contributed by atoms with Crippen LogP contribution in [0.1, 0.15) is 5.56 Å². The topological polar surface area (TPSA) is 14.2 Å². The van der Waals surface area contributed by atoms with Crippen molar-refractivity contribution < 1.29 is 4.74 Å². The van der Waals surface area contributed by atoms with E-state index < -0.39 is 0 Å². The molecule has 0 aliphatic heterocycles. The second-order valence-corrected chi connectivity index (χ2v) is 4.37. The van der Waals surface area contributed by atoms with Crippen LogP contribution in [0.2, 0.25) is 0 Å². The lowest BCUT2D eigenvalue weighted by atomic mass is 10.2. The van der Waals surface area contributed by atoms with Crippen molar-refractivity contribution in [3.05, 3.63) is 66.4 Å². The Morgan fingerprint density at radius 3 is 2.63 bits per heavy atom. The van der Waals surface area contributed by atoms with Gasteiger partial charge in [-0.1, -0.05) is 30.3 Å². The van der Waals surface area contributed by atoms with E-state index in [1.165, 1.54) is 16.5 Å². The van der Waals surface area contributed by atoms with E-state index in [9.17, 15) is 0 Å². The van der Waals surface area contributed by atoms with Crippen molar-refractivity contribution in [1.82, 2.24) is 4.57 Å². The van der Waals surface area contributed by atoms with Crippen LogP contribution in [-0.2, 0) is 0 Å². The number of ether oxygens (including phenoxy) is 1. The lowest BCUT2D eigenvalue weighted by molar-refractivity contribution is 0.415. The molecule has 0 atom stereocenters. The highest BCUT2D eigenvalue weighted by Crippen LogP contribution is 2.22. The van der Waals surface area contributed by atoms with E-state index in [0.29, 0.717) is 0 Å². The molecule has 1 aromatic heterocycles. The SMILES string of the molecule is COc1ccc2c(ccn2/C=C\c2ccccc2)c1. The van der Waals surface area contributed by atoms with Gasteiger partial charge < -0.3 is 9.30 Å². The summed E-state index contributed by atoms with van der Waals surface area (Å²) in [5.74, 6) is 0.886. The molecule has 0 unspecified atom stereocenters. The van der Waals surface area contributed by atoms with Crippen LogP contribution in [0.25, 0.3) is 23.2 Å². The van der Waals surface area contributed by atoms with Gasteiger partial charge in [0.05, 0.1) is 12.6 Å². The van der Waals surface area contributed by atoms with E-state index in [-0.39, 0.29) is 0 Å². The summed E-state index contributed by atoms with van der Waals surface area (Å²) in [4.78, 5) is 0. The minimum absolute atomic E-state index is 0.886. The van der Waals surface area contributed by atoms with Gasteiger partial charge in [-0.3, -0.25) is 0 Å². The molecule has 0 spiro atoms. The molecule has 19 heavy (non-hydrogen) atoms. The summed E-state index contributed by atoms with van der Waals surface area (Å²) < 4.78 is 7.35. The van der Waals surface area contributed by atoms with Crippen LogP contribution in [0, 0.1) is 0 Å². The van der Waals surface area contributed by atoms with Gasteiger partial charge >= 0.3 is 0 Å². The average molecular weight is 249 g/mol. The quantitative estimate of drug-likeness (QED) is 0.676. The van der Waals surface area contributed by atoms with Gasteiger partial charge in [0.15, 0.2) is 0 Å². The first-order chi connectivity index (χ1) is 9.36. The van der Waals surface area contributed by atoms with Crippen molar-refractivity contribution in [2.75, 3.05) is 7.11 Å². The Morgan fingerprint density at radius 1 is 1.00 bits per heavy atom. The molecule has 1 heterocycles. The molecule has 0 N–H and O–H groups in total. The predicted molar refractivity (Wildman–Crippen MR) is 80.2 cm³/mol. The summed E-state index contributed by atoms with van der Waals surface area (Å²) in [6.07, 6.45) is 6.23. The largest absolute Gasteiger partial charge is 0.497 e. The Kier molecular flexibility index (Phi) is 3.07. The lowest BCUT2D eigenvalue weighted by Crippen LogP contribution is -1.85. The van der Waals surface area contributed by atoms with E-state index >= 15 is 0 Å². The van der Waals surface area contributed by atoms with Gasteiger partial charge in [0.2, 0.25) is 0 Å². The minimum atomic E-state index is 0.886. The first-order valence-corrected chi connectivity index (χ1v) is 6.25. The fraction of sp³-hybridized carbons (Fsp3) is 0.0588. The van der Waals surface area contributed by atoms with Crippen molar-refractivity contribution in [3.63, 3.8) is 0 Å². The summed E-state index contributed by atoms with van der Waals surface area (Å²) >= 11 is 0. The van der Waals surface area contributed by atoms with E-state index in [1.54, 1.807) is 7.11 Å². The fourth-order valence-electron chi connectivity index (χ4n) is 2.13. The third-order valence-corrected chi connectivity index (χ3v) is 3.15. The van der Waals surface area contributed by atoms with Crippen LogP contribution in [-0.4, -0.2) is 11.7 Å². The van der Waals surface area contributed by atoms with E-state index in [1.807, 2.05) is 30.3 Å². The molecule has 0 saturated heterocycles. The van der Waals surface area contributed by atoms with E-state index in [4.69, 9.17) is 4.74 Å². The molecular formula is C17H15NO. The monoisotopic (exact) mass is 249 g/mol. The molecule has 3 aromatic rings. The summed E-state index contributed by atoms with van der Waals surface area (Å²) in [5.41, 5.74) is 2.37. The van der Waals surface area contributed by atoms with Crippen LogP contribution >= 0.6 is 0 Å². The molecule has 94 valence electrons. The molecule has 2 aromatic carbocycles. The van der Waals surface area contributed by atoms with Crippen LogP contribution in [0.5, 0.6) is 5.75 Å². The van der Waals surface area contributed by atoms with Crippen LogP contribution in [0.4, 0.5) is 0 Å². The summed E-state index contributed by atoms with van der Waals surface area (Å²) in [6, 6.07) is 18.5. The zero-order valence-corrected chi connectivity index (χ0v) is 10.8. The number of rotatable bonds is 3. The summed E-state index contributed by atoms with van der Waals surface area (Å²) in [5, 5.41) is 1.18. The van der Waals surface area contributed by atoms with Gasteiger partial charge in [-0.05, 0) is 35.9 Å². The fourth-order valence-corrected chi connectivity index (χ4v) is 2.13. The lowest BCUT2D eigenvalue weighted by Gasteiger charge is -2.01. The zero-order chi connectivity index (χ0) is 13.1. The number of nitrogens with zero attached hydrogens (tertiary/aromatic N) is 1. The summed E-state index contributed by atoms with van der Waals surface area (Å²) in [6.45, 7) is 0. The Bertz CT molecular complexity index is 710. The Labute approximate surface area is 112 Å². The first kappa shape index (κ1) is 11.6. The summed E-state index contributed by atoms with van der Waals surface area (Å²) in [7, 11) is 1.69. The number of hydrogen-bond acceptors (Lipinski definition) is 1. The standard InChI is InChI=1S/C17H15NO/c1-19-16-7-8-17-15(13-16)10-12-18(17)11-9-14-5-3-2-4-6-14/h2-13H,1H3/b11-9-.